The summed E-state index contributed by atoms with van der Waals surface area (Å²) in [6.45, 7) is 1.47. The molecule has 0 N–H and O–H groups in total. The highest BCUT2D eigenvalue weighted by Gasteiger charge is 2.27. The van der Waals surface area contributed by atoms with E-state index in [0.717, 1.165) is 11.1 Å². The van der Waals surface area contributed by atoms with E-state index in [1.54, 1.807) is 18.2 Å². The molecule has 0 fully saturated rings. The molecule has 0 atom stereocenters. The molecule has 0 unspecified atom stereocenters. The normalized spacial score (nSPS) is 15.1. The summed E-state index contributed by atoms with van der Waals surface area (Å²) in [5, 5.41) is 0. The summed E-state index contributed by atoms with van der Waals surface area (Å²) in [6.07, 6.45) is 1.82. The molecule has 0 aromatic heterocycles. The largest absolute Gasteiger partial charge is 0.422 e. The monoisotopic (exact) mass is 264 g/mol. The van der Waals surface area contributed by atoms with Crippen LogP contribution in [0, 0.1) is 0 Å². The molecule has 0 bridgehead atoms. The topological polar surface area (TPSA) is 43.4 Å². The summed E-state index contributed by atoms with van der Waals surface area (Å²) < 4.78 is 5.28. The summed E-state index contributed by atoms with van der Waals surface area (Å²) >= 11 is 0. The fourth-order valence-electron chi connectivity index (χ4n) is 2.16. The fraction of sp³-hybridized carbons (Fsp3) is 0.0588. The lowest BCUT2D eigenvalue weighted by molar-refractivity contribution is 0.0717. The van der Waals surface area contributed by atoms with Crippen LogP contribution in [0.25, 0.3) is 11.8 Å². The van der Waals surface area contributed by atoms with E-state index in [2.05, 4.69) is 0 Å². The average molecular weight is 264 g/mol. The quantitative estimate of drug-likeness (QED) is 0.615. The minimum absolute atomic E-state index is 0.0684. The maximum Gasteiger partial charge on any atom is 0.344 e. The van der Waals surface area contributed by atoms with Crippen molar-refractivity contribution in [3.05, 3.63) is 70.8 Å². The van der Waals surface area contributed by atoms with Gasteiger partial charge in [-0.05, 0) is 30.7 Å². The van der Waals surface area contributed by atoms with Gasteiger partial charge in [0.15, 0.2) is 5.78 Å². The lowest BCUT2D eigenvalue weighted by atomic mass is 10.0. The van der Waals surface area contributed by atoms with Gasteiger partial charge < -0.3 is 4.74 Å². The van der Waals surface area contributed by atoms with E-state index in [0.29, 0.717) is 16.9 Å². The predicted molar refractivity (Wildman–Crippen MR) is 76.2 cm³/mol. The first kappa shape index (κ1) is 12.4. The Morgan fingerprint density at radius 2 is 1.80 bits per heavy atom. The van der Waals surface area contributed by atoms with Crippen LogP contribution in [0.15, 0.2) is 48.5 Å². The Kier molecular flexibility index (Phi) is 2.95. The molecule has 0 saturated heterocycles. The zero-order valence-corrected chi connectivity index (χ0v) is 10.9. The minimum Gasteiger partial charge on any atom is -0.422 e. The van der Waals surface area contributed by atoms with Gasteiger partial charge in [0, 0.05) is 11.1 Å². The molecule has 0 saturated carbocycles. The molecule has 1 aliphatic rings. The van der Waals surface area contributed by atoms with Crippen molar-refractivity contribution >= 4 is 23.6 Å². The maximum absolute atomic E-state index is 11.9. The van der Waals surface area contributed by atoms with E-state index in [9.17, 15) is 9.59 Å². The van der Waals surface area contributed by atoms with E-state index >= 15 is 0 Å². The SMILES string of the molecule is CC(=O)c1ccc2c(c1)C(=O)O/C2=C\c1ccccc1. The number of Topliss-reactive ketones (excluding diaryl/α,β-unsaturated/α-hetero) is 1. The molecule has 0 amide bonds. The van der Waals surface area contributed by atoms with Crippen LogP contribution in [0.3, 0.4) is 0 Å². The van der Waals surface area contributed by atoms with Gasteiger partial charge in [0.2, 0.25) is 0 Å². The van der Waals surface area contributed by atoms with Crippen molar-refractivity contribution in [3.63, 3.8) is 0 Å². The number of hydrogen-bond acceptors (Lipinski definition) is 3. The van der Waals surface area contributed by atoms with Crippen LogP contribution in [0.2, 0.25) is 0 Å². The summed E-state index contributed by atoms with van der Waals surface area (Å²) in [5.41, 5.74) is 2.64. The molecule has 1 heterocycles. The molecule has 2 aromatic carbocycles. The number of carbonyl (C=O) groups is 2. The van der Waals surface area contributed by atoms with Crippen LogP contribution in [-0.2, 0) is 4.74 Å². The molecule has 20 heavy (non-hydrogen) atoms. The maximum atomic E-state index is 11.9. The number of ether oxygens (including phenoxy) is 1. The van der Waals surface area contributed by atoms with E-state index in [1.807, 2.05) is 36.4 Å². The van der Waals surface area contributed by atoms with Gasteiger partial charge >= 0.3 is 5.97 Å². The van der Waals surface area contributed by atoms with Crippen LogP contribution < -0.4 is 0 Å². The second kappa shape index (κ2) is 4.78. The van der Waals surface area contributed by atoms with E-state index in [-0.39, 0.29) is 5.78 Å². The summed E-state index contributed by atoms with van der Waals surface area (Å²) in [7, 11) is 0. The van der Waals surface area contributed by atoms with Gasteiger partial charge in [0.05, 0.1) is 5.56 Å². The number of cyclic esters (lactones) is 1. The van der Waals surface area contributed by atoms with E-state index in [1.165, 1.54) is 6.92 Å². The molecule has 1 aliphatic heterocycles. The number of esters is 1. The molecule has 0 aliphatic carbocycles. The Morgan fingerprint density at radius 3 is 2.50 bits per heavy atom. The van der Waals surface area contributed by atoms with E-state index in [4.69, 9.17) is 4.74 Å². The lowest BCUT2D eigenvalue weighted by Gasteiger charge is -2.00. The van der Waals surface area contributed by atoms with Gasteiger partial charge in [-0.3, -0.25) is 4.79 Å². The van der Waals surface area contributed by atoms with E-state index < -0.39 is 5.97 Å². The number of hydrogen-bond donors (Lipinski definition) is 0. The summed E-state index contributed by atoms with van der Waals surface area (Å²) in [5.74, 6) is 0.0395. The van der Waals surface area contributed by atoms with Crippen LogP contribution in [0.1, 0.15) is 38.8 Å². The van der Waals surface area contributed by atoms with Gasteiger partial charge in [-0.25, -0.2) is 4.79 Å². The third kappa shape index (κ3) is 2.14. The Bertz CT molecular complexity index is 727. The van der Waals surface area contributed by atoms with Crippen molar-refractivity contribution in [2.75, 3.05) is 0 Å². The molecule has 3 rings (SSSR count). The zero-order chi connectivity index (χ0) is 14.1. The van der Waals surface area contributed by atoms with Gasteiger partial charge in [0.25, 0.3) is 0 Å². The third-order valence-corrected chi connectivity index (χ3v) is 3.21. The molecule has 2 aromatic rings. The van der Waals surface area contributed by atoms with Crippen molar-refractivity contribution in [1.29, 1.82) is 0 Å². The highest BCUT2D eigenvalue weighted by molar-refractivity contribution is 6.07. The molecule has 0 spiro atoms. The number of rotatable bonds is 2. The number of fused-ring (bicyclic) bond motifs is 1. The highest BCUT2D eigenvalue weighted by atomic mass is 16.5. The molecular formula is C17H12O3. The third-order valence-electron chi connectivity index (χ3n) is 3.21. The molecular weight excluding hydrogens is 252 g/mol. The summed E-state index contributed by atoms with van der Waals surface area (Å²) in [6, 6.07) is 14.7. The predicted octanol–water partition coefficient (Wildman–Crippen LogP) is 3.56. The number of benzene rings is 2. The van der Waals surface area contributed by atoms with Crippen LogP contribution >= 0.6 is 0 Å². The van der Waals surface area contributed by atoms with Gasteiger partial charge in [-0.1, -0.05) is 36.4 Å². The average Bonchev–Trinajstić information content (AvgIpc) is 2.76. The first-order chi connectivity index (χ1) is 9.65. The van der Waals surface area contributed by atoms with Crippen LogP contribution in [0.4, 0.5) is 0 Å². The highest BCUT2D eigenvalue weighted by Crippen LogP contribution is 2.32. The van der Waals surface area contributed by atoms with Crippen molar-refractivity contribution in [3.8, 4) is 0 Å². The fourth-order valence-corrected chi connectivity index (χ4v) is 2.16. The number of carbonyl (C=O) groups excluding carboxylic acids is 2. The van der Waals surface area contributed by atoms with Crippen molar-refractivity contribution < 1.29 is 14.3 Å². The minimum atomic E-state index is -0.412. The second-order valence-corrected chi connectivity index (χ2v) is 4.63. The summed E-state index contributed by atoms with van der Waals surface area (Å²) in [4.78, 5) is 23.2. The second-order valence-electron chi connectivity index (χ2n) is 4.63. The molecule has 0 radical (unpaired) electrons. The van der Waals surface area contributed by atoms with Crippen molar-refractivity contribution in [1.82, 2.24) is 0 Å². The van der Waals surface area contributed by atoms with Gasteiger partial charge in [0.1, 0.15) is 5.76 Å². The molecule has 3 heteroatoms. The Hall–Kier alpha value is -2.68. The molecule has 3 nitrogen and oxygen atoms in total. The van der Waals surface area contributed by atoms with Crippen molar-refractivity contribution in [2.45, 2.75) is 6.92 Å². The smallest absolute Gasteiger partial charge is 0.344 e. The lowest BCUT2D eigenvalue weighted by Crippen LogP contribution is -1.98. The van der Waals surface area contributed by atoms with Gasteiger partial charge in [-0.2, -0.15) is 0 Å². The van der Waals surface area contributed by atoms with Crippen LogP contribution in [-0.4, -0.2) is 11.8 Å². The Labute approximate surface area is 116 Å². The Balaban J connectivity index is 2.07. The number of ketones is 1. The van der Waals surface area contributed by atoms with Crippen molar-refractivity contribution in [2.24, 2.45) is 0 Å². The first-order valence-corrected chi connectivity index (χ1v) is 6.29. The van der Waals surface area contributed by atoms with Crippen LogP contribution in [0.5, 0.6) is 0 Å². The zero-order valence-electron chi connectivity index (χ0n) is 10.9. The Morgan fingerprint density at radius 1 is 1.05 bits per heavy atom. The standard InChI is InChI=1S/C17H12O3/c1-11(18)13-7-8-14-15(10-13)17(19)20-16(14)9-12-5-3-2-4-6-12/h2-10H,1H3/b16-9-. The van der Waals surface area contributed by atoms with Gasteiger partial charge in [-0.15, -0.1) is 0 Å². The first-order valence-electron chi connectivity index (χ1n) is 6.29. The molecule has 98 valence electrons.